The largest absolute Gasteiger partial charge is 0.480 e. The third kappa shape index (κ3) is 2.72. The zero-order valence-electron chi connectivity index (χ0n) is 10.3. The fraction of sp³-hybridized carbons (Fsp3) is 0.818. The first-order chi connectivity index (χ1) is 8.49. The van der Waals surface area contributed by atoms with E-state index in [4.69, 9.17) is 5.11 Å². The summed E-state index contributed by atoms with van der Waals surface area (Å²) < 4.78 is 0. The van der Waals surface area contributed by atoms with E-state index in [0.29, 0.717) is 24.1 Å². The fourth-order valence-electron chi connectivity index (χ4n) is 2.37. The molecular formula is C11H18N2O4S. The predicted molar refractivity (Wildman–Crippen MR) is 67.3 cm³/mol. The van der Waals surface area contributed by atoms with Crippen LogP contribution in [0.4, 0.5) is 4.79 Å². The first-order valence-electron chi connectivity index (χ1n) is 5.99. The molecule has 1 saturated heterocycles. The number of carbonyl (C=O) groups is 2. The van der Waals surface area contributed by atoms with Crippen molar-refractivity contribution in [3.05, 3.63) is 0 Å². The maximum Gasteiger partial charge on any atom is 0.327 e. The SMILES string of the molecule is CN(CC1CC(O)C1)C(=O)N1CSC[C@H]1C(=O)O. The number of rotatable bonds is 3. The van der Waals surface area contributed by atoms with Gasteiger partial charge in [0.2, 0.25) is 0 Å². The van der Waals surface area contributed by atoms with Crippen molar-refractivity contribution in [1.82, 2.24) is 9.80 Å². The van der Waals surface area contributed by atoms with Crippen molar-refractivity contribution >= 4 is 23.8 Å². The molecule has 1 heterocycles. The van der Waals surface area contributed by atoms with Crippen LogP contribution in [0.1, 0.15) is 12.8 Å². The Morgan fingerprint density at radius 3 is 2.67 bits per heavy atom. The number of hydrogen-bond donors (Lipinski definition) is 2. The van der Waals surface area contributed by atoms with E-state index in [0.717, 1.165) is 12.8 Å². The highest BCUT2D eigenvalue weighted by Crippen LogP contribution is 2.28. The minimum atomic E-state index is -0.944. The van der Waals surface area contributed by atoms with Crippen LogP contribution in [0.15, 0.2) is 0 Å². The highest BCUT2D eigenvalue weighted by atomic mass is 32.2. The normalized spacial score (nSPS) is 31.0. The maximum atomic E-state index is 12.1. The van der Waals surface area contributed by atoms with Crippen LogP contribution in [0.5, 0.6) is 0 Å². The topological polar surface area (TPSA) is 81.1 Å². The number of aliphatic carboxylic acids is 1. The lowest BCUT2D eigenvalue weighted by Gasteiger charge is -2.36. The van der Waals surface area contributed by atoms with Crippen LogP contribution in [0.3, 0.4) is 0 Å². The van der Waals surface area contributed by atoms with Crippen molar-refractivity contribution in [2.75, 3.05) is 25.2 Å². The van der Waals surface area contributed by atoms with E-state index in [-0.39, 0.29) is 12.1 Å². The van der Waals surface area contributed by atoms with Gasteiger partial charge in [0, 0.05) is 19.3 Å². The molecule has 0 aromatic rings. The number of carboxylic acids is 1. The second kappa shape index (κ2) is 5.36. The summed E-state index contributed by atoms with van der Waals surface area (Å²) in [6.45, 7) is 0.587. The third-order valence-electron chi connectivity index (χ3n) is 3.48. The lowest BCUT2D eigenvalue weighted by Crippen LogP contribution is -2.49. The molecule has 1 saturated carbocycles. The number of nitrogens with zero attached hydrogens (tertiary/aromatic N) is 2. The van der Waals surface area contributed by atoms with Crippen LogP contribution in [0.2, 0.25) is 0 Å². The smallest absolute Gasteiger partial charge is 0.327 e. The van der Waals surface area contributed by atoms with E-state index in [1.807, 2.05) is 0 Å². The van der Waals surface area contributed by atoms with Crippen LogP contribution in [-0.4, -0.2) is 69.4 Å². The van der Waals surface area contributed by atoms with Crippen LogP contribution in [0.25, 0.3) is 0 Å². The fourth-order valence-corrected chi connectivity index (χ4v) is 3.51. The number of aliphatic hydroxyl groups is 1. The zero-order valence-corrected chi connectivity index (χ0v) is 11.1. The quantitative estimate of drug-likeness (QED) is 0.772. The van der Waals surface area contributed by atoms with Gasteiger partial charge in [-0.2, -0.15) is 0 Å². The van der Waals surface area contributed by atoms with E-state index in [2.05, 4.69) is 0 Å². The van der Waals surface area contributed by atoms with Crippen LogP contribution in [-0.2, 0) is 4.79 Å². The van der Waals surface area contributed by atoms with E-state index in [1.54, 1.807) is 11.9 Å². The zero-order chi connectivity index (χ0) is 13.3. The van der Waals surface area contributed by atoms with Crippen molar-refractivity contribution < 1.29 is 19.8 Å². The van der Waals surface area contributed by atoms with Gasteiger partial charge >= 0.3 is 12.0 Å². The van der Waals surface area contributed by atoms with Gasteiger partial charge in [-0.25, -0.2) is 9.59 Å². The summed E-state index contributed by atoms with van der Waals surface area (Å²) in [6.07, 6.45) is 1.23. The minimum absolute atomic E-state index is 0.228. The molecule has 2 amide bonds. The average Bonchev–Trinajstić information content (AvgIpc) is 2.74. The molecular weight excluding hydrogens is 256 g/mol. The summed E-state index contributed by atoms with van der Waals surface area (Å²) in [5.41, 5.74) is 0. The van der Waals surface area contributed by atoms with Crippen molar-refractivity contribution in [1.29, 1.82) is 0 Å². The second-order valence-electron chi connectivity index (χ2n) is 4.98. The molecule has 0 unspecified atom stereocenters. The maximum absolute atomic E-state index is 12.1. The Balaban J connectivity index is 1.87. The molecule has 2 rings (SSSR count). The number of hydrogen-bond acceptors (Lipinski definition) is 4. The van der Waals surface area contributed by atoms with Gasteiger partial charge in [0.05, 0.1) is 12.0 Å². The Morgan fingerprint density at radius 1 is 1.44 bits per heavy atom. The van der Waals surface area contributed by atoms with Crippen LogP contribution < -0.4 is 0 Å². The van der Waals surface area contributed by atoms with Gasteiger partial charge in [-0.05, 0) is 18.8 Å². The standard InChI is InChI=1S/C11H18N2O4S/c1-12(4-7-2-8(14)3-7)11(17)13-6-18-5-9(13)10(15)16/h7-9,14H,2-6H2,1H3,(H,15,16)/t7?,8?,9-/m0/s1. The van der Waals surface area contributed by atoms with E-state index in [9.17, 15) is 14.7 Å². The predicted octanol–water partition coefficient (Wildman–Crippen LogP) is 0.269. The number of aliphatic hydroxyl groups excluding tert-OH is 1. The number of thioether (sulfide) groups is 1. The summed E-state index contributed by atoms with van der Waals surface area (Å²) in [7, 11) is 1.69. The van der Waals surface area contributed by atoms with Crippen molar-refractivity contribution in [3.8, 4) is 0 Å². The molecule has 1 aliphatic carbocycles. The Bertz CT molecular complexity index is 346. The molecule has 0 bridgehead atoms. The first kappa shape index (κ1) is 13.5. The van der Waals surface area contributed by atoms with Crippen molar-refractivity contribution in [3.63, 3.8) is 0 Å². The van der Waals surface area contributed by atoms with Crippen LogP contribution >= 0.6 is 11.8 Å². The Labute approximate surface area is 110 Å². The molecule has 1 aliphatic heterocycles. The van der Waals surface area contributed by atoms with Gasteiger partial charge in [0.15, 0.2) is 0 Å². The molecule has 0 spiro atoms. The minimum Gasteiger partial charge on any atom is -0.480 e. The molecule has 7 heteroatoms. The van der Waals surface area contributed by atoms with Gasteiger partial charge in [-0.1, -0.05) is 0 Å². The first-order valence-corrected chi connectivity index (χ1v) is 7.15. The Morgan fingerprint density at radius 2 is 2.11 bits per heavy atom. The number of urea groups is 1. The van der Waals surface area contributed by atoms with E-state index in [1.165, 1.54) is 16.7 Å². The molecule has 2 aliphatic rings. The van der Waals surface area contributed by atoms with Gasteiger partial charge in [0.25, 0.3) is 0 Å². The Hall–Kier alpha value is -0.950. The van der Waals surface area contributed by atoms with Crippen molar-refractivity contribution in [2.24, 2.45) is 5.92 Å². The summed E-state index contributed by atoms with van der Waals surface area (Å²) in [4.78, 5) is 26.1. The monoisotopic (exact) mass is 274 g/mol. The van der Waals surface area contributed by atoms with Crippen molar-refractivity contribution in [2.45, 2.75) is 25.0 Å². The molecule has 2 fully saturated rings. The van der Waals surface area contributed by atoms with Crippen LogP contribution in [0, 0.1) is 5.92 Å². The number of amides is 2. The van der Waals surface area contributed by atoms with E-state index >= 15 is 0 Å². The molecule has 0 radical (unpaired) electrons. The average molecular weight is 274 g/mol. The molecule has 102 valence electrons. The third-order valence-corrected chi connectivity index (χ3v) is 4.49. The van der Waals surface area contributed by atoms with Gasteiger partial charge in [-0.15, -0.1) is 11.8 Å². The van der Waals surface area contributed by atoms with Gasteiger partial charge in [-0.3, -0.25) is 0 Å². The summed E-state index contributed by atoms with van der Waals surface area (Å²) in [5, 5.41) is 18.2. The number of carboxylic acid groups (broad SMARTS) is 1. The lowest BCUT2D eigenvalue weighted by molar-refractivity contribution is -0.140. The summed E-state index contributed by atoms with van der Waals surface area (Å²) >= 11 is 1.46. The van der Waals surface area contributed by atoms with Gasteiger partial charge in [0.1, 0.15) is 6.04 Å². The molecule has 6 nitrogen and oxygen atoms in total. The Kier molecular flexibility index (Phi) is 4.01. The molecule has 0 aromatic carbocycles. The molecule has 0 aromatic heterocycles. The molecule has 1 atom stereocenters. The number of carbonyl (C=O) groups excluding carboxylic acids is 1. The molecule has 2 N–H and O–H groups in total. The highest BCUT2D eigenvalue weighted by Gasteiger charge is 2.37. The lowest BCUT2D eigenvalue weighted by atomic mass is 9.82. The summed E-state index contributed by atoms with van der Waals surface area (Å²) in [5.74, 6) is 0.290. The second-order valence-corrected chi connectivity index (χ2v) is 5.98. The summed E-state index contributed by atoms with van der Waals surface area (Å²) in [6, 6.07) is -0.939. The van der Waals surface area contributed by atoms with Gasteiger partial charge < -0.3 is 20.0 Å². The molecule has 18 heavy (non-hydrogen) atoms. The van der Waals surface area contributed by atoms with E-state index < -0.39 is 12.0 Å². The highest BCUT2D eigenvalue weighted by molar-refractivity contribution is 7.99.